The molecule has 0 bridgehead atoms. The first-order valence-corrected chi connectivity index (χ1v) is 15.8. The fraction of sp³-hybridized carbons (Fsp3) is 0.438. The van der Waals surface area contributed by atoms with E-state index >= 15 is 0 Å². The Bertz CT molecular complexity index is 636. The van der Waals surface area contributed by atoms with Gasteiger partial charge in [-0.25, -0.2) is 4.79 Å². The standard InChI is InChI=1S/C16H21Cl3O4Si2/c1-3-16(20)21-8-4-9-24(2)22-12-14-11-13(5-6-15(14)23-24)7-10-25(17,18)19/h3,5-6,11H,1,4,7-10,12H2,2H3. The van der Waals surface area contributed by atoms with Gasteiger partial charge in [0.2, 0.25) is 0 Å². The molecule has 1 aromatic rings. The van der Waals surface area contributed by atoms with Gasteiger partial charge in [-0.2, -0.15) is 0 Å². The van der Waals surface area contributed by atoms with E-state index in [1.54, 1.807) is 0 Å². The van der Waals surface area contributed by atoms with Crippen LogP contribution in [0.4, 0.5) is 0 Å². The molecule has 0 saturated heterocycles. The minimum Gasteiger partial charge on any atom is -0.520 e. The maximum absolute atomic E-state index is 11.0. The number of aryl methyl sites for hydroxylation is 1. The fourth-order valence-electron chi connectivity index (χ4n) is 2.53. The van der Waals surface area contributed by atoms with Crippen molar-refractivity contribution in [2.75, 3.05) is 6.61 Å². The normalized spacial score (nSPS) is 19.7. The highest BCUT2D eigenvalue weighted by molar-refractivity contribution is 7.64. The molecule has 1 aromatic carbocycles. The van der Waals surface area contributed by atoms with Crippen molar-refractivity contribution in [3.8, 4) is 5.75 Å². The predicted octanol–water partition coefficient (Wildman–Crippen LogP) is 4.98. The highest BCUT2D eigenvalue weighted by Gasteiger charge is 2.37. The third-order valence-corrected chi connectivity index (χ3v) is 9.05. The van der Waals surface area contributed by atoms with Gasteiger partial charge in [0.15, 0.2) is 0 Å². The first-order chi connectivity index (χ1) is 11.7. The van der Waals surface area contributed by atoms with Crippen molar-refractivity contribution in [3.63, 3.8) is 0 Å². The Hall–Kier alpha value is -0.506. The molecule has 1 unspecified atom stereocenters. The summed E-state index contributed by atoms with van der Waals surface area (Å²) in [5, 5.41) is 0. The lowest BCUT2D eigenvalue weighted by Crippen LogP contribution is -2.44. The van der Waals surface area contributed by atoms with Crippen LogP contribution < -0.4 is 4.43 Å². The Morgan fingerprint density at radius 3 is 2.88 bits per heavy atom. The Balaban J connectivity index is 1.90. The van der Waals surface area contributed by atoms with Crippen LogP contribution in [0.25, 0.3) is 0 Å². The number of hydrogen-bond acceptors (Lipinski definition) is 4. The molecular formula is C16H21Cl3O4Si2. The Labute approximate surface area is 164 Å². The number of carbonyl (C=O) groups excluding carboxylic acids is 1. The molecule has 2 rings (SSSR count). The Kier molecular flexibility index (Phi) is 7.43. The predicted molar refractivity (Wildman–Crippen MR) is 106 cm³/mol. The SMILES string of the molecule is C=CC(=O)OCCC[Si]1(C)OCc2cc(CC[Si](Cl)(Cl)Cl)ccc2O1. The average molecular weight is 440 g/mol. The molecule has 1 atom stereocenters. The summed E-state index contributed by atoms with van der Waals surface area (Å²) < 4.78 is 17.1. The molecule has 0 amide bonds. The van der Waals surface area contributed by atoms with Crippen LogP contribution in [0.5, 0.6) is 5.75 Å². The molecule has 1 aliphatic heterocycles. The zero-order valence-electron chi connectivity index (χ0n) is 14.0. The number of halogens is 3. The summed E-state index contributed by atoms with van der Waals surface area (Å²) in [5.41, 5.74) is 2.14. The topological polar surface area (TPSA) is 44.8 Å². The molecule has 9 heteroatoms. The van der Waals surface area contributed by atoms with E-state index in [0.29, 0.717) is 25.7 Å². The molecule has 0 N–H and O–H groups in total. The van der Waals surface area contributed by atoms with Gasteiger partial charge in [0.05, 0.1) is 13.2 Å². The summed E-state index contributed by atoms with van der Waals surface area (Å²) in [4.78, 5) is 11.0. The van der Waals surface area contributed by atoms with Crippen LogP contribution in [0.2, 0.25) is 18.6 Å². The summed E-state index contributed by atoms with van der Waals surface area (Å²) in [7, 11) is -2.31. The van der Waals surface area contributed by atoms with Gasteiger partial charge in [0.1, 0.15) is 5.75 Å². The van der Waals surface area contributed by atoms with Crippen LogP contribution in [0.15, 0.2) is 30.9 Å². The van der Waals surface area contributed by atoms with Gasteiger partial charge in [-0.3, -0.25) is 0 Å². The summed E-state index contributed by atoms with van der Waals surface area (Å²) in [6, 6.07) is 4.76. The number of carbonyl (C=O) groups is 1. The summed E-state index contributed by atoms with van der Waals surface area (Å²) in [6.07, 6.45) is 2.59. The Morgan fingerprint density at radius 1 is 1.44 bits per heavy atom. The van der Waals surface area contributed by atoms with Crippen LogP contribution in [0.3, 0.4) is 0 Å². The maximum Gasteiger partial charge on any atom is 0.396 e. The van der Waals surface area contributed by atoms with E-state index in [0.717, 1.165) is 35.4 Å². The van der Waals surface area contributed by atoms with Gasteiger partial charge in [-0.1, -0.05) is 12.6 Å². The van der Waals surface area contributed by atoms with E-state index in [1.165, 1.54) is 0 Å². The smallest absolute Gasteiger partial charge is 0.396 e. The van der Waals surface area contributed by atoms with E-state index in [4.69, 9.17) is 46.8 Å². The summed E-state index contributed by atoms with van der Waals surface area (Å²) in [5.74, 6) is 0.450. The van der Waals surface area contributed by atoms with Crippen LogP contribution >= 0.6 is 33.2 Å². The van der Waals surface area contributed by atoms with Gasteiger partial charge in [-0.05, 0) is 43.1 Å². The highest BCUT2D eigenvalue weighted by Crippen LogP contribution is 2.33. The van der Waals surface area contributed by atoms with E-state index in [-0.39, 0.29) is 0 Å². The average Bonchev–Trinajstić information content (AvgIpc) is 2.56. The molecule has 138 valence electrons. The zero-order chi connectivity index (χ0) is 18.5. The lowest BCUT2D eigenvalue weighted by atomic mass is 10.1. The van der Waals surface area contributed by atoms with Crippen molar-refractivity contribution in [2.24, 2.45) is 0 Å². The van der Waals surface area contributed by atoms with E-state index in [2.05, 4.69) is 12.6 Å². The molecule has 0 saturated carbocycles. The minimum atomic E-state index is -2.61. The minimum absolute atomic E-state index is 0.340. The quantitative estimate of drug-likeness (QED) is 0.188. The second kappa shape index (κ2) is 8.93. The summed E-state index contributed by atoms with van der Waals surface area (Å²) >= 11 is 17.8. The van der Waals surface area contributed by atoms with Crippen molar-refractivity contribution in [1.29, 1.82) is 0 Å². The summed E-state index contributed by atoms with van der Waals surface area (Å²) in [6.45, 7) is 6.25. The van der Waals surface area contributed by atoms with Crippen molar-refractivity contribution in [1.82, 2.24) is 0 Å². The monoisotopic (exact) mass is 438 g/mol. The van der Waals surface area contributed by atoms with Gasteiger partial charge in [0, 0.05) is 17.7 Å². The second-order valence-corrected chi connectivity index (χ2v) is 18.6. The zero-order valence-corrected chi connectivity index (χ0v) is 18.3. The molecule has 4 nitrogen and oxygen atoms in total. The molecular weight excluding hydrogens is 419 g/mol. The molecule has 0 radical (unpaired) electrons. The number of ether oxygens (including phenoxy) is 1. The largest absolute Gasteiger partial charge is 0.520 e. The molecule has 1 aliphatic rings. The van der Waals surface area contributed by atoms with Gasteiger partial charge in [0.25, 0.3) is 0 Å². The lowest BCUT2D eigenvalue weighted by molar-refractivity contribution is -0.137. The first kappa shape index (κ1) is 20.8. The van der Waals surface area contributed by atoms with Crippen molar-refractivity contribution in [2.45, 2.75) is 38.1 Å². The number of rotatable bonds is 8. The number of benzene rings is 1. The Morgan fingerprint density at radius 2 is 2.20 bits per heavy atom. The molecule has 0 aliphatic carbocycles. The van der Waals surface area contributed by atoms with Crippen LogP contribution in [-0.2, 0) is 27.0 Å². The van der Waals surface area contributed by atoms with E-state index in [9.17, 15) is 4.79 Å². The molecule has 0 fully saturated rings. The maximum atomic E-state index is 11.0. The third-order valence-electron chi connectivity index (χ3n) is 3.87. The van der Waals surface area contributed by atoms with Crippen LogP contribution in [0.1, 0.15) is 17.5 Å². The van der Waals surface area contributed by atoms with E-state index < -0.39 is 20.5 Å². The van der Waals surface area contributed by atoms with Gasteiger partial charge in [-0.15, -0.1) is 33.2 Å². The van der Waals surface area contributed by atoms with Crippen LogP contribution in [0, 0.1) is 0 Å². The van der Waals surface area contributed by atoms with E-state index in [1.807, 2.05) is 18.7 Å². The van der Waals surface area contributed by atoms with Crippen molar-refractivity contribution < 1.29 is 18.4 Å². The lowest BCUT2D eigenvalue weighted by Gasteiger charge is -2.33. The first-order valence-electron chi connectivity index (χ1n) is 8.01. The fourth-order valence-corrected chi connectivity index (χ4v) is 6.17. The highest BCUT2D eigenvalue weighted by atomic mass is 35.8. The number of fused-ring (bicyclic) bond motifs is 1. The second-order valence-electron chi connectivity index (χ2n) is 6.06. The molecule has 1 heterocycles. The van der Waals surface area contributed by atoms with Crippen LogP contribution in [-0.4, -0.2) is 27.1 Å². The van der Waals surface area contributed by atoms with Crippen molar-refractivity contribution >= 4 is 53.8 Å². The molecule has 0 spiro atoms. The number of esters is 1. The third kappa shape index (κ3) is 6.96. The van der Waals surface area contributed by atoms with Crippen molar-refractivity contribution in [3.05, 3.63) is 42.0 Å². The van der Waals surface area contributed by atoms with Gasteiger partial charge < -0.3 is 13.6 Å². The molecule has 0 aromatic heterocycles. The number of hydrogen-bond donors (Lipinski definition) is 0. The molecule has 25 heavy (non-hydrogen) atoms. The van der Waals surface area contributed by atoms with Gasteiger partial charge >= 0.3 is 20.5 Å².